The molecular weight excluding hydrogens is 407 g/mol. The molecule has 0 aliphatic carbocycles. The van der Waals surface area contributed by atoms with Crippen LogP contribution in [0.1, 0.15) is 12.0 Å². The first kappa shape index (κ1) is 19.5. The predicted octanol–water partition coefficient (Wildman–Crippen LogP) is 4.71. The van der Waals surface area contributed by atoms with Crippen molar-refractivity contribution in [1.82, 2.24) is 4.90 Å². The summed E-state index contributed by atoms with van der Waals surface area (Å²) < 4.78 is 14.1. The summed E-state index contributed by atoms with van der Waals surface area (Å²) in [5, 5.41) is 3.31. The molecule has 138 valence electrons. The molecule has 0 atom stereocenters. The maximum Gasteiger partial charge on any atom is 0.266 e. The SMILES string of the molecule is O=C(CCN1C(=O)/C(=C/c2ccccc2F)SC1=S)Nc1ccc(Cl)cc1. The highest BCUT2D eigenvalue weighted by molar-refractivity contribution is 8.26. The molecule has 0 bridgehead atoms. The van der Waals surface area contributed by atoms with Gasteiger partial charge in [-0.1, -0.05) is 53.8 Å². The monoisotopic (exact) mass is 420 g/mol. The van der Waals surface area contributed by atoms with Crippen molar-refractivity contribution >= 4 is 63.5 Å². The van der Waals surface area contributed by atoms with E-state index in [4.69, 9.17) is 23.8 Å². The Bertz CT molecular complexity index is 932. The highest BCUT2D eigenvalue weighted by atomic mass is 35.5. The van der Waals surface area contributed by atoms with Crippen molar-refractivity contribution in [2.24, 2.45) is 0 Å². The standard InChI is InChI=1S/C19H14ClFN2O2S2/c20-13-5-7-14(8-6-13)22-17(24)9-10-23-18(25)16(27-19(23)26)11-12-3-1-2-4-15(12)21/h1-8,11H,9-10H2,(H,22,24)/b16-11-. The molecule has 2 aromatic carbocycles. The summed E-state index contributed by atoms with van der Waals surface area (Å²) in [6.45, 7) is 0.151. The van der Waals surface area contributed by atoms with Gasteiger partial charge in [0.2, 0.25) is 5.91 Å². The van der Waals surface area contributed by atoms with Crippen molar-refractivity contribution in [3.05, 3.63) is 69.8 Å². The maximum atomic E-state index is 13.8. The molecule has 2 amide bonds. The second-order valence-corrected chi connectivity index (χ2v) is 7.77. The summed E-state index contributed by atoms with van der Waals surface area (Å²) >= 11 is 12.1. The molecule has 0 aromatic heterocycles. The molecule has 8 heteroatoms. The number of benzene rings is 2. The number of hydrogen-bond donors (Lipinski definition) is 1. The lowest BCUT2D eigenvalue weighted by atomic mass is 10.2. The summed E-state index contributed by atoms with van der Waals surface area (Å²) in [6, 6.07) is 12.9. The number of nitrogens with zero attached hydrogens (tertiary/aromatic N) is 1. The van der Waals surface area contributed by atoms with Crippen LogP contribution < -0.4 is 5.32 Å². The van der Waals surface area contributed by atoms with Crippen molar-refractivity contribution in [3.8, 4) is 0 Å². The summed E-state index contributed by atoms with van der Waals surface area (Å²) in [5.41, 5.74) is 0.938. The summed E-state index contributed by atoms with van der Waals surface area (Å²) in [4.78, 5) is 26.3. The molecule has 1 saturated heterocycles. The topological polar surface area (TPSA) is 49.4 Å². The number of anilines is 1. The Balaban J connectivity index is 1.61. The first-order valence-corrected chi connectivity index (χ1v) is 9.59. The smallest absolute Gasteiger partial charge is 0.266 e. The molecule has 3 rings (SSSR count). The van der Waals surface area contributed by atoms with Gasteiger partial charge in [-0.2, -0.15) is 0 Å². The number of nitrogens with one attached hydrogen (secondary N) is 1. The number of amides is 2. The van der Waals surface area contributed by atoms with Gasteiger partial charge in [-0.15, -0.1) is 0 Å². The number of hydrogen-bond acceptors (Lipinski definition) is 4. The highest BCUT2D eigenvalue weighted by Gasteiger charge is 2.32. The Hall–Kier alpha value is -2.22. The zero-order valence-corrected chi connectivity index (χ0v) is 16.3. The van der Waals surface area contributed by atoms with E-state index < -0.39 is 5.82 Å². The Labute approximate surface area is 170 Å². The molecule has 1 aliphatic rings. The van der Waals surface area contributed by atoms with E-state index in [0.29, 0.717) is 25.5 Å². The average Bonchev–Trinajstić information content (AvgIpc) is 2.90. The fourth-order valence-electron chi connectivity index (χ4n) is 2.40. The van der Waals surface area contributed by atoms with Crippen LogP contribution in [-0.2, 0) is 9.59 Å². The fraction of sp³-hybridized carbons (Fsp3) is 0.105. The fourth-order valence-corrected chi connectivity index (χ4v) is 3.82. The van der Waals surface area contributed by atoms with Crippen molar-refractivity contribution in [2.75, 3.05) is 11.9 Å². The van der Waals surface area contributed by atoms with E-state index in [-0.39, 0.29) is 24.8 Å². The number of halogens is 2. The highest BCUT2D eigenvalue weighted by Crippen LogP contribution is 2.33. The van der Waals surface area contributed by atoms with Crippen LogP contribution >= 0.6 is 35.6 Å². The maximum absolute atomic E-state index is 13.8. The van der Waals surface area contributed by atoms with Crippen LogP contribution in [0.3, 0.4) is 0 Å². The lowest BCUT2D eigenvalue weighted by molar-refractivity contribution is -0.122. The molecule has 1 fully saturated rings. The number of thioether (sulfide) groups is 1. The number of thiocarbonyl (C=S) groups is 1. The summed E-state index contributed by atoms with van der Waals surface area (Å²) in [6.07, 6.45) is 1.56. The van der Waals surface area contributed by atoms with E-state index in [1.165, 1.54) is 17.0 Å². The van der Waals surface area contributed by atoms with Gasteiger partial charge in [0.05, 0.1) is 4.91 Å². The van der Waals surface area contributed by atoms with Gasteiger partial charge in [-0.05, 0) is 36.4 Å². The lowest BCUT2D eigenvalue weighted by Gasteiger charge is -2.14. The third-order valence-corrected chi connectivity index (χ3v) is 5.39. The number of carbonyl (C=O) groups excluding carboxylic acids is 2. The molecular formula is C19H14ClFN2O2S2. The summed E-state index contributed by atoms with van der Waals surface area (Å²) in [5.74, 6) is -0.984. The second-order valence-electron chi connectivity index (χ2n) is 5.66. The van der Waals surface area contributed by atoms with Crippen LogP contribution in [0.15, 0.2) is 53.4 Å². The minimum atomic E-state index is -0.412. The van der Waals surface area contributed by atoms with Crippen LogP contribution in [0.4, 0.5) is 10.1 Å². The van der Waals surface area contributed by atoms with Gasteiger partial charge in [0.15, 0.2) is 0 Å². The first-order chi connectivity index (χ1) is 12.9. The van der Waals surface area contributed by atoms with Crippen molar-refractivity contribution in [1.29, 1.82) is 0 Å². The first-order valence-electron chi connectivity index (χ1n) is 7.99. The number of carbonyl (C=O) groups is 2. The average molecular weight is 421 g/mol. The molecule has 1 N–H and O–H groups in total. The van der Waals surface area contributed by atoms with E-state index in [1.807, 2.05) is 0 Å². The van der Waals surface area contributed by atoms with E-state index in [0.717, 1.165) is 11.8 Å². The normalized spacial score (nSPS) is 15.5. The Morgan fingerprint density at radius 1 is 1.22 bits per heavy atom. The van der Waals surface area contributed by atoms with Gasteiger partial charge in [-0.25, -0.2) is 4.39 Å². The van der Waals surface area contributed by atoms with Gasteiger partial charge < -0.3 is 5.32 Å². The molecule has 0 saturated carbocycles. The molecule has 1 aliphatic heterocycles. The Morgan fingerprint density at radius 3 is 2.63 bits per heavy atom. The van der Waals surface area contributed by atoms with Gasteiger partial charge >= 0.3 is 0 Å². The van der Waals surface area contributed by atoms with Crippen molar-refractivity contribution < 1.29 is 14.0 Å². The van der Waals surface area contributed by atoms with Gasteiger partial charge in [-0.3, -0.25) is 14.5 Å². The number of rotatable bonds is 5. The van der Waals surface area contributed by atoms with Crippen molar-refractivity contribution in [2.45, 2.75) is 6.42 Å². The van der Waals surface area contributed by atoms with Crippen LogP contribution in [0.5, 0.6) is 0 Å². The molecule has 0 spiro atoms. The Morgan fingerprint density at radius 2 is 1.93 bits per heavy atom. The predicted molar refractivity (Wildman–Crippen MR) is 111 cm³/mol. The van der Waals surface area contributed by atoms with E-state index >= 15 is 0 Å². The van der Waals surface area contributed by atoms with Gasteiger partial charge in [0, 0.05) is 29.2 Å². The van der Waals surface area contributed by atoms with E-state index in [1.54, 1.807) is 42.5 Å². The van der Waals surface area contributed by atoms with Crippen LogP contribution in [-0.4, -0.2) is 27.6 Å². The zero-order chi connectivity index (χ0) is 19.4. The van der Waals surface area contributed by atoms with Gasteiger partial charge in [0.25, 0.3) is 5.91 Å². The largest absolute Gasteiger partial charge is 0.326 e. The molecule has 27 heavy (non-hydrogen) atoms. The molecule has 4 nitrogen and oxygen atoms in total. The van der Waals surface area contributed by atoms with E-state index in [9.17, 15) is 14.0 Å². The zero-order valence-electron chi connectivity index (χ0n) is 13.9. The third-order valence-electron chi connectivity index (χ3n) is 3.76. The van der Waals surface area contributed by atoms with E-state index in [2.05, 4.69) is 5.32 Å². The summed E-state index contributed by atoms with van der Waals surface area (Å²) in [7, 11) is 0. The third kappa shape index (κ3) is 4.94. The van der Waals surface area contributed by atoms with Crippen molar-refractivity contribution in [3.63, 3.8) is 0 Å². The molecule has 1 heterocycles. The van der Waals surface area contributed by atoms with Gasteiger partial charge in [0.1, 0.15) is 10.1 Å². The second kappa shape index (κ2) is 8.65. The quantitative estimate of drug-likeness (QED) is 0.562. The minimum absolute atomic E-state index is 0.0854. The van der Waals surface area contributed by atoms with Crippen LogP contribution in [0, 0.1) is 5.82 Å². The molecule has 0 radical (unpaired) electrons. The lowest BCUT2D eigenvalue weighted by Crippen LogP contribution is -2.31. The minimum Gasteiger partial charge on any atom is -0.326 e. The molecule has 2 aromatic rings. The van der Waals surface area contributed by atoms with Crippen LogP contribution in [0.25, 0.3) is 6.08 Å². The van der Waals surface area contributed by atoms with Crippen LogP contribution in [0.2, 0.25) is 5.02 Å². The Kier molecular flexibility index (Phi) is 6.26. The molecule has 0 unspecified atom stereocenters.